The van der Waals surface area contributed by atoms with Gasteiger partial charge in [-0.3, -0.25) is 9.59 Å². The number of amides is 2. The molecule has 83 heavy (non-hydrogen) atoms. The molecule has 0 unspecified atom stereocenters. The topological polar surface area (TPSA) is 583 Å². The maximum Gasteiger partial charge on any atom is 0.217 e. The number of carbonyl (C=O) groups excluding carboxylic acids is 2. The lowest BCUT2D eigenvalue weighted by molar-refractivity contribution is -0.384. The highest BCUT2D eigenvalue weighted by Gasteiger charge is 2.58. The first-order valence-corrected chi connectivity index (χ1v) is 26.5. The van der Waals surface area contributed by atoms with Gasteiger partial charge in [-0.2, -0.15) is 0 Å². The number of aliphatic hydroxyl groups excluding tert-OH is 20. The van der Waals surface area contributed by atoms with Gasteiger partial charge in [0.25, 0.3) is 0 Å². The number of rotatable bonds is 20. The van der Waals surface area contributed by atoms with Gasteiger partial charge < -0.3 is 174 Å². The average Bonchev–Trinajstić information content (AvgIpc) is 3.49. The fraction of sp³-hybridized carbons (Fsp3) is 0.957. The van der Waals surface area contributed by atoms with Crippen LogP contribution in [0.15, 0.2) is 0 Å². The van der Waals surface area contributed by atoms with E-state index in [1.807, 2.05) is 0 Å². The maximum absolute atomic E-state index is 12.8. The van der Waals surface area contributed by atoms with E-state index in [-0.39, 0.29) is 0 Å². The summed E-state index contributed by atoms with van der Waals surface area (Å²) >= 11 is 0. The minimum Gasteiger partial charge on any atom is -0.394 e. The zero-order valence-corrected chi connectivity index (χ0v) is 44.5. The minimum atomic E-state index is -2.27. The van der Waals surface area contributed by atoms with Gasteiger partial charge in [-0.15, -0.1) is 0 Å². The Kier molecular flexibility index (Phi) is 24.0. The number of nitrogens with one attached hydrogen (secondary N) is 2. The summed E-state index contributed by atoms with van der Waals surface area (Å²) in [4.78, 5) is 25.1. The van der Waals surface area contributed by atoms with Crippen LogP contribution >= 0.6 is 0 Å². The van der Waals surface area contributed by atoms with Crippen molar-refractivity contribution in [2.45, 2.75) is 236 Å². The van der Waals surface area contributed by atoms with Crippen LogP contribution in [0.5, 0.6) is 0 Å². The first kappa shape index (κ1) is 68.1. The molecule has 482 valence electrons. The van der Waals surface area contributed by atoms with Crippen molar-refractivity contribution in [2.24, 2.45) is 0 Å². The van der Waals surface area contributed by atoms with E-state index in [1.165, 1.54) is 6.92 Å². The molecule has 37 heteroatoms. The third-order valence-corrected chi connectivity index (χ3v) is 15.3. The Hall–Kier alpha value is -2.38. The highest BCUT2D eigenvalue weighted by atomic mass is 16.8. The fourth-order valence-electron chi connectivity index (χ4n) is 10.6. The van der Waals surface area contributed by atoms with Gasteiger partial charge in [-0.25, -0.2) is 0 Å². The van der Waals surface area contributed by atoms with Crippen molar-refractivity contribution in [2.75, 3.05) is 39.6 Å². The molecule has 7 aliphatic rings. The Labute approximate surface area is 470 Å². The monoisotopic (exact) mass is 1220 g/mol. The van der Waals surface area contributed by atoms with Crippen LogP contribution in [0.2, 0.25) is 0 Å². The molecule has 0 aromatic heterocycles. The molecule has 7 rings (SSSR count). The van der Waals surface area contributed by atoms with Crippen molar-refractivity contribution < 1.29 is 173 Å². The molecule has 0 saturated carbocycles. The summed E-state index contributed by atoms with van der Waals surface area (Å²) in [7, 11) is 0. The van der Waals surface area contributed by atoms with Gasteiger partial charge in [0.15, 0.2) is 44.0 Å². The standard InChI is InChI=1S/C46H78N2O35/c1-10-36(80-44-32(66)28(62)22(56)14(5-50)76-44)30(64)34(68)42(73-10)72-9-18-38(25(59)19(40(70)74-18)47-11(2)53)81-41-20(48-12(3)54)26(60)37(16(7-52)78-41)82-46-35(69)39(83-45-33(67)29(63)23(57)15(6-51)77-45)24(58)17(79-46)8-71-43-31(65)27(61)21(55)13(4-49)75-43/h10,13-46,49-52,55-70H,4-9H2,1-3H3,(H,47,53)(H,48,54)/t10-,13+,14+,15+,16+,17+,18+,19+,20+,21+,22-,23+,24+,25+,26+,27-,28-,29-,30-,31-,32+,33-,34-,35-,36+,37+,38+,39-,40+,41-,42+,43-,44-,45+,46-/m0/s1. The van der Waals surface area contributed by atoms with Crippen molar-refractivity contribution in [1.29, 1.82) is 0 Å². The zero-order valence-electron chi connectivity index (χ0n) is 44.5. The Morgan fingerprint density at radius 1 is 0.337 bits per heavy atom. The molecule has 35 atom stereocenters. The number of aliphatic hydroxyl groups is 20. The van der Waals surface area contributed by atoms with E-state index in [0.29, 0.717) is 0 Å². The van der Waals surface area contributed by atoms with E-state index < -0.39 is 266 Å². The Bertz CT molecular complexity index is 2040. The lowest BCUT2D eigenvalue weighted by Gasteiger charge is -2.50. The summed E-state index contributed by atoms with van der Waals surface area (Å²) in [6, 6.07) is -3.54. The maximum atomic E-state index is 12.8. The van der Waals surface area contributed by atoms with Crippen LogP contribution in [0.25, 0.3) is 0 Å². The fourth-order valence-corrected chi connectivity index (χ4v) is 10.6. The predicted molar refractivity (Wildman–Crippen MR) is 254 cm³/mol. The first-order valence-electron chi connectivity index (χ1n) is 26.5. The molecule has 0 aromatic rings. The van der Waals surface area contributed by atoms with Crippen LogP contribution in [-0.4, -0.2) is 368 Å². The lowest BCUT2D eigenvalue weighted by Crippen LogP contribution is -2.70. The van der Waals surface area contributed by atoms with Crippen molar-refractivity contribution in [1.82, 2.24) is 10.6 Å². The molecule has 7 fully saturated rings. The third-order valence-electron chi connectivity index (χ3n) is 15.3. The van der Waals surface area contributed by atoms with Crippen molar-refractivity contribution in [3.8, 4) is 0 Å². The van der Waals surface area contributed by atoms with E-state index in [9.17, 15) is 112 Å². The molecule has 2 amide bonds. The molecule has 7 aliphatic heterocycles. The quantitative estimate of drug-likeness (QED) is 0.0538. The molecule has 0 radical (unpaired) electrons. The molecular weight excluding hydrogens is 1140 g/mol. The van der Waals surface area contributed by atoms with Gasteiger partial charge in [0.05, 0.1) is 45.7 Å². The second-order valence-corrected chi connectivity index (χ2v) is 21.1. The van der Waals surface area contributed by atoms with E-state index >= 15 is 0 Å². The molecule has 37 nitrogen and oxygen atoms in total. The van der Waals surface area contributed by atoms with Gasteiger partial charge >= 0.3 is 0 Å². The van der Waals surface area contributed by atoms with Crippen LogP contribution < -0.4 is 10.6 Å². The van der Waals surface area contributed by atoms with Crippen LogP contribution in [0.3, 0.4) is 0 Å². The number of hydrogen-bond acceptors (Lipinski definition) is 35. The Balaban J connectivity index is 1.11. The summed E-state index contributed by atoms with van der Waals surface area (Å²) in [5.74, 6) is -1.68. The van der Waals surface area contributed by atoms with Crippen LogP contribution in [0.1, 0.15) is 20.8 Å². The van der Waals surface area contributed by atoms with E-state index in [0.717, 1.165) is 13.8 Å². The largest absolute Gasteiger partial charge is 0.394 e. The van der Waals surface area contributed by atoms with E-state index in [4.69, 9.17) is 61.6 Å². The molecule has 7 saturated heterocycles. The third kappa shape index (κ3) is 14.9. The van der Waals surface area contributed by atoms with E-state index in [1.54, 1.807) is 0 Å². The molecule has 22 N–H and O–H groups in total. The van der Waals surface area contributed by atoms with Crippen LogP contribution in [-0.2, 0) is 71.2 Å². The smallest absolute Gasteiger partial charge is 0.217 e. The van der Waals surface area contributed by atoms with E-state index in [2.05, 4.69) is 10.6 Å². The lowest BCUT2D eigenvalue weighted by atomic mass is 9.93. The summed E-state index contributed by atoms with van der Waals surface area (Å²) in [6.07, 6.45) is -61.9. The Morgan fingerprint density at radius 2 is 0.699 bits per heavy atom. The van der Waals surface area contributed by atoms with Crippen molar-refractivity contribution in [3.63, 3.8) is 0 Å². The number of ether oxygens (including phenoxy) is 13. The molecule has 0 spiro atoms. The van der Waals surface area contributed by atoms with Gasteiger partial charge in [0, 0.05) is 13.8 Å². The molecule has 7 heterocycles. The highest BCUT2D eigenvalue weighted by Crippen LogP contribution is 2.37. The highest BCUT2D eigenvalue weighted by molar-refractivity contribution is 5.73. The number of hydrogen-bond donors (Lipinski definition) is 22. The summed E-state index contributed by atoms with van der Waals surface area (Å²) in [5.41, 5.74) is 0. The molecule has 0 aromatic carbocycles. The predicted octanol–water partition coefficient (Wildman–Crippen LogP) is -15.0. The normalized spacial score (nSPS) is 50.8. The van der Waals surface area contributed by atoms with Gasteiger partial charge in [-0.05, 0) is 6.92 Å². The van der Waals surface area contributed by atoms with Gasteiger partial charge in [-0.1, -0.05) is 0 Å². The molecule has 0 aliphatic carbocycles. The SMILES string of the molecule is CC(=O)N[C@@H]1[C@@H](O)[C@H](O[C@@H]2O[C@H](CO)[C@@H](O[C@@H]3O[C@H](CO[C@H]4O[C@H](CO)[C@@H](O)[C@H](O)[C@@H]4O)[C@@H](O)[C@H](O[C@H]4O[C@H](CO)[C@@H](O)[C@H](O)[C@@H]4O)[C@@H]3O)[C@H](O)[C@H]2NC(C)=O)[C@@H](CO[C@@H]2O[C@@H](C)[C@@H](O[C@@H]3O[C@H](CO)[C@H](O)[C@H](O)[C@H]3O)[C@@H](O)[C@@H]2O)O[C@H]1O. The molecular formula is C46H78N2O35. The Morgan fingerprint density at radius 3 is 1.20 bits per heavy atom. The second-order valence-electron chi connectivity index (χ2n) is 21.1. The zero-order chi connectivity index (χ0) is 61.2. The molecule has 0 bridgehead atoms. The summed E-state index contributed by atoms with van der Waals surface area (Å²) in [6.45, 7) is -2.13. The second kappa shape index (κ2) is 29.3. The first-order chi connectivity index (χ1) is 39.2. The van der Waals surface area contributed by atoms with Crippen molar-refractivity contribution >= 4 is 11.8 Å². The number of carbonyl (C=O) groups is 2. The van der Waals surface area contributed by atoms with Gasteiger partial charge in [0.1, 0.15) is 165 Å². The minimum absolute atomic E-state index is 0.795. The summed E-state index contributed by atoms with van der Waals surface area (Å²) < 4.78 is 74.5. The summed E-state index contributed by atoms with van der Waals surface area (Å²) in [5, 5.41) is 219. The average molecular weight is 1220 g/mol. The van der Waals surface area contributed by atoms with Crippen molar-refractivity contribution in [3.05, 3.63) is 0 Å². The van der Waals surface area contributed by atoms with Crippen LogP contribution in [0, 0.1) is 0 Å². The van der Waals surface area contributed by atoms with Gasteiger partial charge in [0.2, 0.25) is 11.8 Å². The van der Waals surface area contributed by atoms with Crippen LogP contribution in [0.4, 0.5) is 0 Å².